The third kappa shape index (κ3) is 6.10. The molecule has 1 saturated heterocycles. The molecule has 0 amide bonds. The number of aliphatic hydroxyl groups excluding tert-OH is 1. The predicted molar refractivity (Wildman–Crippen MR) is 69.0 cm³/mol. The lowest BCUT2D eigenvalue weighted by molar-refractivity contribution is -0.186. The minimum atomic E-state index is -4.07. The van der Waals surface area contributed by atoms with Crippen LogP contribution in [0, 0.1) is 5.92 Å². The van der Waals surface area contributed by atoms with E-state index in [-0.39, 0.29) is 25.6 Å². The third-order valence-electron chi connectivity index (χ3n) is 3.67. The molecule has 1 fully saturated rings. The van der Waals surface area contributed by atoms with E-state index in [0.29, 0.717) is 19.4 Å². The normalized spacial score (nSPS) is 23.5. The van der Waals surface area contributed by atoms with Gasteiger partial charge in [0.15, 0.2) is 0 Å². The second kappa shape index (κ2) is 8.07. The summed E-state index contributed by atoms with van der Waals surface area (Å²) in [4.78, 5) is 1.87. The summed E-state index contributed by atoms with van der Waals surface area (Å²) in [6.07, 6.45) is -1.54. The van der Waals surface area contributed by atoms with Crippen LogP contribution in [0.25, 0.3) is 0 Å². The number of nitrogens with zero attached hydrogens (tertiary/aromatic N) is 1. The van der Waals surface area contributed by atoms with Crippen molar-refractivity contribution in [3.8, 4) is 0 Å². The number of hydrogen-bond acceptors (Lipinski definition) is 3. The van der Waals surface area contributed by atoms with Crippen LogP contribution < -0.4 is 5.32 Å². The van der Waals surface area contributed by atoms with Crippen molar-refractivity contribution in [1.82, 2.24) is 10.2 Å². The number of piperidine rings is 1. The van der Waals surface area contributed by atoms with Crippen molar-refractivity contribution >= 4 is 0 Å². The number of likely N-dealkylation sites (tertiary alicyclic amines) is 1. The first-order valence-corrected chi connectivity index (χ1v) is 7.10. The Kier molecular flexibility index (Phi) is 7.10. The molecule has 114 valence electrons. The summed E-state index contributed by atoms with van der Waals surface area (Å²) in [5.41, 5.74) is 0. The van der Waals surface area contributed by atoms with Crippen LogP contribution in [0.15, 0.2) is 0 Å². The number of aliphatic hydroxyl groups is 1. The summed E-state index contributed by atoms with van der Waals surface area (Å²) < 4.78 is 38.0. The topological polar surface area (TPSA) is 35.5 Å². The highest BCUT2D eigenvalue weighted by atomic mass is 19.4. The molecule has 0 radical (unpaired) electrons. The van der Waals surface area contributed by atoms with Crippen LogP contribution in [-0.4, -0.2) is 55.0 Å². The first kappa shape index (κ1) is 16.7. The van der Waals surface area contributed by atoms with Crippen LogP contribution in [0.5, 0.6) is 0 Å². The van der Waals surface area contributed by atoms with E-state index >= 15 is 0 Å². The fourth-order valence-electron chi connectivity index (χ4n) is 2.47. The monoisotopic (exact) mass is 282 g/mol. The first-order valence-electron chi connectivity index (χ1n) is 7.10. The molecule has 0 saturated carbocycles. The van der Waals surface area contributed by atoms with Crippen molar-refractivity contribution in [1.29, 1.82) is 0 Å². The van der Waals surface area contributed by atoms with E-state index in [9.17, 15) is 18.3 Å². The van der Waals surface area contributed by atoms with Gasteiger partial charge in [-0.15, -0.1) is 0 Å². The maximum Gasteiger partial charge on any atom is 0.393 e. The molecule has 0 aromatic rings. The van der Waals surface area contributed by atoms with Crippen molar-refractivity contribution in [2.75, 3.05) is 32.8 Å². The zero-order valence-corrected chi connectivity index (χ0v) is 11.5. The van der Waals surface area contributed by atoms with E-state index in [1.165, 1.54) is 0 Å². The summed E-state index contributed by atoms with van der Waals surface area (Å²) in [6, 6.07) is -0.00814. The Balaban J connectivity index is 2.31. The Morgan fingerprint density at radius 1 is 1.42 bits per heavy atom. The number of hydrogen-bond donors (Lipinski definition) is 2. The molecule has 6 heteroatoms. The van der Waals surface area contributed by atoms with Gasteiger partial charge in [-0.05, 0) is 45.3 Å². The molecule has 0 spiro atoms. The largest absolute Gasteiger partial charge is 0.395 e. The molecule has 1 rings (SSSR count). The Bertz CT molecular complexity index is 249. The van der Waals surface area contributed by atoms with Gasteiger partial charge in [-0.3, -0.25) is 0 Å². The van der Waals surface area contributed by atoms with Gasteiger partial charge in [0, 0.05) is 12.6 Å². The maximum absolute atomic E-state index is 12.7. The molecule has 1 aliphatic heterocycles. The summed E-state index contributed by atoms with van der Waals surface area (Å²) in [7, 11) is 0. The second-order valence-corrected chi connectivity index (χ2v) is 5.30. The molecular formula is C13H25F3N2O. The smallest absolute Gasteiger partial charge is 0.393 e. The Labute approximate surface area is 113 Å². The molecule has 3 nitrogen and oxygen atoms in total. The van der Waals surface area contributed by atoms with Gasteiger partial charge in [-0.25, -0.2) is 0 Å². The van der Waals surface area contributed by atoms with Gasteiger partial charge in [-0.1, -0.05) is 6.92 Å². The molecule has 0 aromatic carbocycles. The zero-order valence-electron chi connectivity index (χ0n) is 11.5. The number of alkyl halides is 3. The summed E-state index contributed by atoms with van der Waals surface area (Å²) >= 11 is 0. The van der Waals surface area contributed by atoms with E-state index in [4.69, 9.17) is 0 Å². The van der Waals surface area contributed by atoms with Crippen LogP contribution in [0.2, 0.25) is 0 Å². The fraction of sp³-hybridized carbons (Fsp3) is 1.00. The average molecular weight is 282 g/mol. The van der Waals surface area contributed by atoms with Crippen LogP contribution in [0.4, 0.5) is 13.2 Å². The zero-order chi connectivity index (χ0) is 14.3. The summed E-state index contributed by atoms with van der Waals surface area (Å²) in [6.45, 7) is 4.37. The van der Waals surface area contributed by atoms with E-state index < -0.39 is 12.1 Å². The standard InChI is InChI=1S/C13H25F3N2O/c1-2-6-17-12(10-19)5-8-18-7-3-4-11(9-18)13(14,15)16/h11-12,17,19H,2-10H2,1H3. The molecule has 0 aliphatic carbocycles. The minimum Gasteiger partial charge on any atom is -0.395 e. The van der Waals surface area contributed by atoms with Crippen molar-refractivity contribution in [3.63, 3.8) is 0 Å². The molecule has 0 aromatic heterocycles. The van der Waals surface area contributed by atoms with Gasteiger partial charge in [-0.2, -0.15) is 13.2 Å². The molecular weight excluding hydrogens is 257 g/mol. The lowest BCUT2D eigenvalue weighted by atomic mass is 9.97. The van der Waals surface area contributed by atoms with Crippen LogP contribution in [0.3, 0.4) is 0 Å². The van der Waals surface area contributed by atoms with Gasteiger partial charge >= 0.3 is 6.18 Å². The molecule has 2 atom stereocenters. The quantitative estimate of drug-likeness (QED) is 0.750. The fourth-order valence-corrected chi connectivity index (χ4v) is 2.47. The van der Waals surface area contributed by atoms with Crippen LogP contribution in [0.1, 0.15) is 32.6 Å². The average Bonchev–Trinajstić information content (AvgIpc) is 2.38. The minimum absolute atomic E-state index is 0.00814. The number of rotatable bonds is 7. The number of nitrogens with one attached hydrogen (secondary N) is 1. The van der Waals surface area contributed by atoms with Gasteiger partial charge in [0.05, 0.1) is 12.5 Å². The van der Waals surface area contributed by atoms with E-state index in [2.05, 4.69) is 5.32 Å². The van der Waals surface area contributed by atoms with Crippen molar-refractivity contribution in [2.24, 2.45) is 5.92 Å². The Morgan fingerprint density at radius 3 is 2.74 bits per heavy atom. The number of halogens is 3. The molecule has 0 bridgehead atoms. The molecule has 2 unspecified atom stereocenters. The summed E-state index contributed by atoms with van der Waals surface area (Å²) in [5, 5.41) is 12.4. The first-order chi connectivity index (χ1) is 8.97. The van der Waals surface area contributed by atoms with Crippen molar-refractivity contribution in [2.45, 2.75) is 44.8 Å². The van der Waals surface area contributed by atoms with E-state index in [1.807, 2.05) is 11.8 Å². The van der Waals surface area contributed by atoms with Crippen LogP contribution >= 0.6 is 0 Å². The molecule has 1 heterocycles. The molecule has 1 aliphatic rings. The van der Waals surface area contributed by atoms with E-state index in [1.54, 1.807) is 0 Å². The second-order valence-electron chi connectivity index (χ2n) is 5.30. The van der Waals surface area contributed by atoms with Gasteiger partial charge in [0.25, 0.3) is 0 Å². The van der Waals surface area contributed by atoms with Gasteiger partial charge < -0.3 is 15.3 Å². The lowest BCUT2D eigenvalue weighted by Crippen LogP contribution is -2.44. The Morgan fingerprint density at radius 2 is 2.16 bits per heavy atom. The van der Waals surface area contributed by atoms with Crippen molar-refractivity contribution in [3.05, 3.63) is 0 Å². The molecule has 19 heavy (non-hydrogen) atoms. The van der Waals surface area contributed by atoms with Gasteiger partial charge in [0.1, 0.15) is 0 Å². The SMILES string of the molecule is CCCNC(CO)CCN1CCCC(C(F)(F)F)C1. The third-order valence-corrected chi connectivity index (χ3v) is 3.67. The van der Waals surface area contributed by atoms with Crippen LogP contribution in [-0.2, 0) is 0 Å². The van der Waals surface area contributed by atoms with Crippen molar-refractivity contribution < 1.29 is 18.3 Å². The highest BCUT2D eigenvalue weighted by Gasteiger charge is 2.41. The highest BCUT2D eigenvalue weighted by molar-refractivity contribution is 4.79. The summed E-state index contributed by atoms with van der Waals surface area (Å²) in [5.74, 6) is -1.18. The maximum atomic E-state index is 12.7. The Hall–Kier alpha value is -0.330. The van der Waals surface area contributed by atoms with E-state index in [0.717, 1.165) is 19.5 Å². The van der Waals surface area contributed by atoms with Gasteiger partial charge in [0.2, 0.25) is 0 Å². The highest BCUT2D eigenvalue weighted by Crippen LogP contribution is 2.33. The predicted octanol–water partition coefficient (Wildman–Crippen LogP) is 2.01. The molecule has 2 N–H and O–H groups in total. The lowest BCUT2D eigenvalue weighted by Gasteiger charge is -2.34.